The number of nitrogens with zero attached hydrogens (tertiary/aromatic N) is 1. The van der Waals surface area contributed by atoms with Gasteiger partial charge in [-0.2, -0.15) is 0 Å². The average molecular weight is 398 g/mol. The second-order valence-electron chi connectivity index (χ2n) is 6.29. The lowest BCUT2D eigenvalue weighted by Gasteiger charge is -2.18. The van der Waals surface area contributed by atoms with Crippen LogP contribution >= 0.6 is 0 Å². The van der Waals surface area contributed by atoms with Crippen molar-refractivity contribution in [2.45, 2.75) is 20.3 Å². The summed E-state index contributed by atoms with van der Waals surface area (Å²) < 4.78 is 10.1. The predicted octanol–water partition coefficient (Wildman–Crippen LogP) is 2.90. The SMILES string of the molecule is CCN(CC)C(=O)c1ccc(NC(=O)COC(=O)Cc2cccc(OC)c2)cc1. The summed E-state index contributed by atoms with van der Waals surface area (Å²) in [5.74, 6) is -0.365. The van der Waals surface area contributed by atoms with Gasteiger partial charge in [-0.15, -0.1) is 0 Å². The van der Waals surface area contributed by atoms with E-state index in [1.807, 2.05) is 13.8 Å². The monoisotopic (exact) mass is 398 g/mol. The summed E-state index contributed by atoms with van der Waals surface area (Å²) in [4.78, 5) is 37.9. The molecule has 29 heavy (non-hydrogen) atoms. The number of anilines is 1. The van der Waals surface area contributed by atoms with E-state index in [0.717, 1.165) is 5.56 Å². The molecular formula is C22H26N2O5. The third-order valence-electron chi connectivity index (χ3n) is 4.31. The number of carbonyl (C=O) groups is 3. The van der Waals surface area contributed by atoms with Crippen molar-refractivity contribution < 1.29 is 23.9 Å². The lowest BCUT2D eigenvalue weighted by Crippen LogP contribution is -2.30. The van der Waals surface area contributed by atoms with Crippen molar-refractivity contribution in [3.05, 3.63) is 59.7 Å². The van der Waals surface area contributed by atoms with Crippen molar-refractivity contribution >= 4 is 23.5 Å². The van der Waals surface area contributed by atoms with Crippen LogP contribution in [-0.4, -0.2) is 49.5 Å². The highest BCUT2D eigenvalue weighted by Gasteiger charge is 2.13. The maximum Gasteiger partial charge on any atom is 0.310 e. The molecule has 1 N–H and O–H groups in total. The Labute approximate surface area is 170 Å². The minimum atomic E-state index is -0.506. The lowest BCUT2D eigenvalue weighted by atomic mass is 10.1. The van der Waals surface area contributed by atoms with Gasteiger partial charge in [0.1, 0.15) is 5.75 Å². The van der Waals surface area contributed by atoms with Crippen molar-refractivity contribution in [2.24, 2.45) is 0 Å². The quantitative estimate of drug-likeness (QED) is 0.657. The van der Waals surface area contributed by atoms with Crippen molar-refractivity contribution in [3.63, 3.8) is 0 Å². The Bertz CT molecular complexity index is 845. The second-order valence-corrected chi connectivity index (χ2v) is 6.29. The smallest absolute Gasteiger partial charge is 0.310 e. The Morgan fingerprint density at radius 1 is 1.00 bits per heavy atom. The van der Waals surface area contributed by atoms with Crippen LogP contribution in [0.5, 0.6) is 5.75 Å². The molecule has 0 unspecified atom stereocenters. The van der Waals surface area contributed by atoms with Gasteiger partial charge in [0.15, 0.2) is 6.61 Å². The highest BCUT2D eigenvalue weighted by Crippen LogP contribution is 2.14. The van der Waals surface area contributed by atoms with Crippen molar-refractivity contribution in [1.29, 1.82) is 0 Å². The molecule has 7 heteroatoms. The van der Waals surface area contributed by atoms with Crippen LogP contribution in [0.25, 0.3) is 0 Å². The summed E-state index contributed by atoms with van der Waals surface area (Å²) >= 11 is 0. The molecule has 2 rings (SSSR count). The van der Waals surface area contributed by atoms with Gasteiger partial charge in [0.2, 0.25) is 0 Å². The molecule has 0 radical (unpaired) electrons. The summed E-state index contributed by atoms with van der Waals surface area (Å²) in [6.07, 6.45) is 0.0483. The molecule has 2 aromatic carbocycles. The van der Waals surface area contributed by atoms with Crippen LogP contribution in [0.1, 0.15) is 29.8 Å². The van der Waals surface area contributed by atoms with Crippen LogP contribution in [0.15, 0.2) is 48.5 Å². The summed E-state index contributed by atoms with van der Waals surface area (Å²) in [5.41, 5.74) is 1.81. The van der Waals surface area contributed by atoms with Crippen LogP contribution in [-0.2, 0) is 20.7 Å². The maximum atomic E-state index is 12.3. The Morgan fingerprint density at radius 3 is 2.31 bits per heavy atom. The standard InChI is InChI=1S/C22H26N2O5/c1-4-24(5-2)22(27)17-9-11-18(12-10-17)23-20(25)15-29-21(26)14-16-7-6-8-19(13-16)28-3/h6-13H,4-5,14-15H2,1-3H3,(H,23,25). The lowest BCUT2D eigenvalue weighted by molar-refractivity contribution is -0.146. The van der Waals surface area contributed by atoms with E-state index in [9.17, 15) is 14.4 Å². The van der Waals surface area contributed by atoms with Gasteiger partial charge in [-0.3, -0.25) is 14.4 Å². The van der Waals surface area contributed by atoms with E-state index in [4.69, 9.17) is 9.47 Å². The fourth-order valence-corrected chi connectivity index (χ4v) is 2.73. The van der Waals surface area contributed by atoms with Gasteiger partial charge in [0, 0.05) is 24.3 Å². The van der Waals surface area contributed by atoms with Crippen molar-refractivity contribution in [3.8, 4) is 5.75 Å². The molecule has 0 saturated heterocycles. The number of nitrogens with one attached hydrogen (secondary N) is 1. The van der Waals surface area contributed by atoms with Crippen LogP contribution in [0.2, 0.25) is 0 Å². The topological polar surface area (TPSA) is 84.9 Å². The number of amides is 2. The van der Waals surface area contributed by atoms with Crippen LogP contribution in [0, 0.1) is 0 Å². The number of methoxy groups -OCH3 is 1. The first kappa shape index (κ1) is 21.9. The van der Waals surface area contributed by atoms with Crippen LogP contribution < -0.4 is 10.1 Å². The molecule has 2 amide bonds. The third-order valence-corrected chi connectivity index (χ3v) is 4.31. The maximum absolute atomic E-state index is 12.3. The molecule has 0 aliphatic carbocycles. The Kier molecular flexibility index (Phi) is 8.21. The summed E-state index contributed by atoms with van der Waals surface area (Å²) in [6.45, 7) is 4.73. The Hall–Kier alpha value is -3.35. The second kappa shape index (κ2) is 10.8. The number of carbonyl (C=O) groups excluding carboxylic acids is 3. The molecule has 0 fully saturated rings. The zero-order chi connectivity index (χ0) is 21.2. The van der Waals surface area contributed by atoms with E-state index < -0.39 is 11.9 Å². The fraction of sp³-hybridized carbons (Fsp3) is 0.318. The molecule has 0 atom stereocenters. The van der Waals surface area contributed by atoms with Crippen molar-refractivity contribution in [2.75, 3.05) is 32.1 Å². The fourth-order valence-electron chi connectivity index (χ4n) is 2.73. The molecule has 0 aliphatic rings. The van der Waals surface area contributed by atoms with Gasteiger partial charge in [-0.1, -0.05) is 12.1 Å². The summed E-state index contributed by atoms with van der Waals surface area (Å²) in [6, 6.07) is 13.7. The van der Waals surface area contributed by atoms with Gasteiger partial charge in [-0.05, 0) is 55.8 Å². The highest BCUT2D eigenvalue weighted by atomic mass is 16.5. The minimum absolute atomic E-state index is 0.0483. The highest BCUT2D eigenvalue weighted by molar-refractivity contribution is 5.96. The molecule has 7 nitrogen and oxygen atoms in total. The summed E-state index contributed by atoms with van der Waals surface area (Å²) in [5, 5.41) is 2.64. The zero-order valence-electron chi connectivity index (χ0n) is 16.9. The number of hydrogen-bond acceptors (Lipinski definition) is 5. The van der Waals surface area contributed by atoms with E-state index in [1.54, 1.807) is 60.5 Å². The van der Waals surface area contributed by atoms with E-state index >= 15 is 0 Å². The third kappa shape index (κ3) is 6.64. The van der Waals surface area contributed by atoms with E-state index in [2.05, 4.69) is 5.32 Å². The molecule has 0 aliphatic heterocycles. The number of benzene rings is 2. The number of esters is 1. The molecule has 2 aromatic rings. The van der Waals surface area contributed by atoms with E-state index in [0.29, 0.717) is 30.1 Å². The van der Waals surface area contributed by atoms with Gasteiger partial charge in [0.25, 0.3) is 11.8 Å². The normalized spacial score (nSPS) is 10.2. The van der Waals surface area contributed by atoms with Crippen LogP contribution in [0.4, 0.5) is 5.69 Å². The van der Waals surface area contributed by atoms with E-state index in [-0.39, 0.29) is 18.9 Å². The predicted molar refractivity (Wildman–Crippen MR) is 110 cm³/mol. The first-order chi connectivity index (χ1) is 14.0. The van der Waals surface area contributed by atoms with Crippen LogP contribution in [0.3, 0.4) is 0 Å². The van der Waals surface area contributed by atoms with Crippen molar-refractivity contribution in [1.82, 2.24) is 4.90 Å². The number of rotatable bonds is 9. The minimum Gasteiger partial charge on any atom is -0.497 e. The zero-order valence-corrected chi connectivity index (χ0v) is 16.9. The Balaban J connectivity index is 1.82. The van der Waals surface area contributed by atoms with E-state index in [1.165, 1.54) is 0 Å². The Morgan fingerprint density at radius 2 is 1.69 bits per heavy atom. The molecule has 0 aromatic heterocycles. The van der Waals surface area contributed by atoms with Gasteiger partial charge in [-0.25, -0.2) is 0 Å². The first-order valence-electron chi connectivity index (χ1n) is 9.44. The molecule has 154 valence electrons. The average Bonchev–Trinajstić information content (AvgIpc) is 2.73. The molecule has 0 spiro atoms. The van der Waals surface area contributed by atoms with Gasteiger partial charge < -0.3 is 19.7 Å². The number of hydrogen-bond donors (Lipinski definition) is 1. The molecule has 0 heterocycles. The molecular weight excluding hydrogens is 372 g/mol. The number of ether oxygens (including phenoxy) is 2. The summed E-state index contributed by atoms with van der Waals surface area (Å²) in [7, 11) is 1.55. The molecule has 0 bridgehead atoms. The van der Waals surface area contributed by atoms with Gasteiger partial charge >= 0.3 is 5.97 Å². The largest absolute Gasteiger partial charge is 0.497 e. The molecule has 0 saturated carbocycles. The van der Waals surface area contributed by atoms with Gasteiger partial charge in [0.05, 0.1) is 13.5 Å². The first-order valence-corrected chi connectivity index (χ1v) is 9.44.